The first kappa shape index (κ1) is 15.7. The van der Waals surface area contributed by atoms with Crippen LogP contribution in [0.25, 0.3) is 0 Å². The molecule has 3 rings (SSSR count). The fourth-order valence-electron chi connectivity index (χ4n) is 3.71. The maximum atomic E-state index is 12.1. The molecule has 5 heteroatoms. The molecule has 120 valence electrons. The number of rotatable bonds is 3. The standard InChI is InChI=1S/C17H21BrO4/c1-2-11-12(17(16(19)20)6-4-3-5-7-17)10-13-15(14(11)18)22-9-8-21-13/h10H,2-9H2,1H3,(H,19,20). The third kappa shape index (κ3) is 2.39. The van der Waals surface area contributed by atoms with Crippen LogP contribution in [-0.2, 0) is 16.6 Å². The molecule has 0 unspecified atom stereocenters. The minimum absolute atomic E-state index is 0.504. The van der Waals surface area contributed by atoms with Gasteiger partial charge in [-0.2, -0.15) is 0 Å². The van der Waals surface area contributed by atoms with Crippen molar-refractivity contribution >= 4 is 21.9 Å². The van der Waals surface area contributed by atoms with Crippen molar-refractivity contribution in [3.05, 3.63) is 21.7 Å². The van der Waals surface area contributed by atoms with E-state index in [0.29, 0.717) is 37.6 Å². The molecule has 0 aromatic heterocycles. The highest BCUT2D eigenvalue weighted by Gasteiger charge is 2.44. The van der Waals surface area contributed by atoms with Crippen LogP contribution in [0.3, 0.4) is 0 Å². The molecule has 1 saturated carbocycles. The summed E-state index contributed by atoms with van der Waals surface area (Å²) in [6.07, 6.45) is 5.19. The second-order valence-corrected chi connectivity index (χ2v) is 6.84. The van der Waals surface area contributed by atoms with Crippen LogP contribution < -0.4 is 9.47 Å². The van der Waals surface area contributed by atoms with Gasteiger partial charge in [0, 0.05) is 0 Å². The van der Waals surface area contributed by atoms with Crippen LogP contribution in [0.1, 0.15) is 50.2 Å². The fraction of sp³-hybridized carbons (Fsp3) is 0.588. The first-order chi connectivity index (χ1) is 10.6. The topological polar surface area (TPSA) is 55.8 Å². The van der Waals surface area contributed by atoms with E-state index in [1.807, 2.05) is 6.07 Å². The minimum atomic E-state index is -0.790. The Hall–Kier alpha value is -1.23. The smallest absolute Gasteiger partial charge is 0.314 e. The first-order valence-corrected chi connectivity index (χ1v) is 8.74. The summed E-state index contributed by atoms with van der Waals surface area (Å²) in [6.45, 7) is 3.08. The molecule has 0 amide bonds. The highest BCUT2D eigenvalue weighted by Crippen LogP contribution is 2.49. The molecule has 2 aliphatic rings. The van der Waals surface area contributed by atoms with E-state index in [1.165, 1.54) is 0 Å². The van der Waals surface area contributed by atoms with Gasteiger partial charge in [-0.3, -0.25) is 4.79 Å². The lowest BCUT2D eigenvalue weighted by molar-refractivity contribution is -0.145. The summed E-state index contributed by atoms with van der Waals surface area (Å²) in [6, 6.07) is 1.91. The molecule has 0 radical (unpaired) electrons. The third-order valence-electron chi connectivity index (χ3n) is 4.86. The predicted octanol–water partition coefficient (Wildman–Crippen LogP) is 4.07. The van der Waals surface area contributed by atoms with Crippen LogP contribution in [0, 0.1) is 0 Å². The van der Waals surface area contributed by atoms with Crippen molar-refractivity contribution in [1.29, 1.82) is 0 Å². The van der Waals surface area contributed by atoms with Crippen LogP contribution in [-0.4, -0.2) is 24.3 Å². The van der Waals surface area contributed by atoms with Gasteiger partial charge in [0.2, 0.25) is 0 Å². The third-order valence-corrected chi connectivity index (χ3v) is 5.70. The molecule has 4 nitrogen and oxygen atoms in total. The Kier molecular flexibility index (Phi) is 4.35. The zero-order chi connectivity index (χ0) is 15.7. The monoisotopic (exact) mass is 368 g/mol. The van der Waals surface area contributed by atoms with Crippen molar-refractivity contribution in [3.8, 4) is 11.5 Å². The van der Waals surface area contributed by atoms with Gasteiger partial charge in [0.05, 0.1) is 9.89 Å². The average molecular weight is 369 g/mol. The average Bonchev–Trinajstić information content (AvgIpc) is 2.55. The van der Waals surface area contributed by atoms with Gasteiger partial charge >= 0.3 is 5.97 Å². The molecule has 1 aliphatic carbocycles. The molecular formula is C17H21BrO4. The number of fused-ring (bicyclic) bond motifs is 1. The number of aliphatic carboxylic acids is 1. The van der Waals surface area contributed by atoms with Crippen molar-refractivity contribution in [2.45, 2.75) is 50.9 Å². The van der Waals surface area contributed by atoms with Gasteiger partial charge in [-0.15, -0.1) is 0 Å². The molecule has 1 aliphatic heterocycles. The highest BCUT2D eigenvalue weighted by atomic mass is 79.9. The van der Waals surface area contributed by atoms with E-state index in [2.05, 4.69) is 22.9 Å². The van der Waals surface area contributed by atoms with E-state index in [9.17, 15) is 9.90 Å². The van der Waals surface area contributed by atoms with Crippen molar-refractivity contribution in [3.63, 3.8) is 0 Å². The highest BCUT2D eigenvalue weighted by molar-refractivity contribution is 9.10. The maximum Gasteiger partial charge on any atom is 0.314 e. The summed E-state index contributed by atoms with van der Waals surface area (Å²) in [7, 11) is 0. The lowest BCUT2D eigenvalue weighted by Gasteiger charge is -2.36. The Morgan fingerprint density at radius 2 is 1.95 bits per heavy atom. The number of carbonyl (C=O) groups is 1. The van der Waals surface area contributed by atoms with E-state index < -0.39 is 11.4 Å². The Labute approximate surface area is 138 Å². The maximum absolute atomic E-state index is 12.1. The van der Waals surface area contributed by atoms with Crippen molar-refractivity contribution in [1.82, 2.24) is 0 Å². The number of benzene rings is 1. The SMILES string of the molecule is CCc1c(C2(C(=O)O)CCCCC2)cc2c(c1Br)OCCO2. The van der Waals surface area contributed by atoms with Crippen molar-refractivity contribution in [2.24, 2.45) is 0 Å². The van der Waals surface area contributed by atoms with Crippen LogP contribution in [0.4, 0.5) is 0 Å². The van der Waals surface area contributed by atoms with E-state index in [1.54, 1.807) is 0 Å². The second kappa shape index (κ2) is 6.11. The molecular weight excluding hydrogens is 348 g/mol. The van der Waals surface area contributed by atoms with Gasteiger partial charge in [-0.25, -0.2) is 0 Å². The van der Waals surface area contributed by atoms with Crippen LogP contribution in [0.2, 0.25) is 0 Å². The summed E-state index contributed by atoms with van der Waals surface area (Å²) >= 11 is 3.62. The summed E-state index contributed by atoms with van der Waals surface area (Å²) in [4.78, 5) is 12.1. The largest absolute Gasteiger partial charge is 0.486 e. The van der Waals surface area contributed by atoms with Gasteiger partial charge in [-0.05, 0) is 52.4 Å². The van der Waals surface area contributed by atoms with E-state index in [4.69, 9.17) is 9.47 Å². The number of ether oxygens (including phenoxy) is 2. The van der Waals surface area contributed by atoms with Gasteiger partial charge in [0.25, 0.3) is 0 Å². The number of hydrogen-bond donors (Lipinski definition) is 1. The van der Waals surface area contributed by atoms with Gasteiger partial charge in [-0.1, -0.05) is 26.2 Å². The Morgan fingerprint density at radius 3 is 2.59 bits per heavy atom. The zero-order valence-corrected chi connectivity index (χ0v) is 14.4. The molecule has 1 heterocycles. The molecule has 1 fully saturated rings. The second-order valence-electron chi connectivity index (χ2n) is 6.04. The van der Waals surface area contributed by atoms with E-state index in [0.717, 1.165) is 41.3 Å². The van der Waals surface area contributed by atoms with Crippen molar-refractivity contribution < 1.29 is 19.4 Å². The van der Waals surface area contributed by atoms with Gasteiger partial charge < -0.3 is 14.6 Å². The molecule has 1 aromatic rings. The molecule has 0 spiro atoms. The molecule has 1 N–H and O–H groups in total. The number of carboxylic acids is 1. The van der Waals surface area contributed by atoms with E-state index in [-0.39, 0.29) is 0 Å². The summed E-state index contributed by atoms with van der Waals surface area (Å²) in [5, 5.41) is 9.97. The quantitative estimate of drug-likeness (QED) is 0.873. The Balaban J connectivity index is 2.20. The van der Waals surface area contributed by atoms with Gasteiger partial charge in [0.1, 0.15) is 13.2 Å². The summed E-state index contributed by atoms with van der Waals surface area (Å²) < 4.78 is 12.3. The van der Waals surface area contributed by atoms with Crippen LogP contribution in [0.15, 0.2) is 10.5 Å². The molecule has 1 aromatic carbocycles. The van der Waals surface area contributed by atoms with Crippen LogP contribution >= 0.6 is 15.9 Å². The zero-order valence-electron chi connectivity index (χ0n) is 12.8. The van der Waals surface area contributed by atoms with E-state index >= 15 is 0 Å². The fourth-order valence-corrected chi connectivity index (χ4v) is 4.51. The predicted molar refractivity (Wildman–Crippen MR) is 86.9 cm³/mol. The lowest BCUT2D eigenvalue weighted by atomic mass is 9.68. The number of halogens is 1. The lowest BCUT2D eigenvalue weighted by Crippen LogP contribution is -2.39. The number of hydrogen-bond acceptors (Lipinski definition) is 3. The van der Waals surface area contributed by atoms with Crippen LogP contribution in [0.5, 0.6) is 11.5 Å². The van der Waals surface area contributed by atoms with Crippen molar-refractivity contribution in [2.75, 3.05) is 13.2 Å². The molecule has 0 saturated heterocycles. The molecule has 0 bridgehead atoms. The molecule has 22 heavy (non-hydrogen) atoms. The Morgan fingerprint density at radius 1 is 1.27 bits per heavy atom. The number of carboxylic acid groups (broad SMARTS) is 1. The summed E-state index contributed by atoms with van der Waals surface area (Å²) in [5.74, 6) is 0.658. The minimum Gasteiger partial charge on any atom is -0.486 e. The molecule has 0 atom stereocenters. The Bertz CT molecular complexity index is 591. The van der Waals surface area contributed by atoms with Gasteiger partial charge in [0.15, 0.2) is 11.5 Å². The normalized spacial score (nSPS) is 19.7. The summed E-state index contributed by atoms with van der Waals surface area (Å²) in [5.41, 5.74) is 1.15. The first-order valence-electron chi connectivity index (χ1n) is 7.95.